The molecule has 1 aliphatic heterocycles. The zero-order chi connectivity index (χ0) is 12.6. The molecular weight excluding hydrogens is 244 g/mol. The summed E-state index contributed by atoms with van der Waals surface area (Å²) in [5.74, 6) is -1.42. The van der Waals surface area contributed by atoms with E-state index in [1.165, 1.54) is 24.3 Å². The molecule has 0 saturated carbocycles. The van der Waals surface area contributed by atoms with E-state index in [1.54, 1.807) is 0 Å². The van der Waals surface area contributed by atoms with Crippen LogP contribution in [0, 0.1) is 0 Å². The van der Waals surface area contributed by atoms with E-state index >= 15 is 0 Å². The Morgan fingerprint density at radius 3 is 2.18 bits per heavy atom. The van der Waals surface area contributed by atoms with Crippen molar-refractivity contribution in [2.45, 2.75) is 0 Å². The topological polar surface area (TPSA) is 91.7 Å². The van der Waals surface area contributed by atoms with Crippen molar-refractivity contribution < 1.29 is 23.4 Å². The Kier molecular flexibility index (Phi) is 2.51. The number of hydrogen-bond donors (Lipinski definition) is 2. The molecule has 1 aromatic rings. The summed E-state index contributed by atoms with van der Waals surface area (Å²) in [6.45, 7) is 0. The highest BCUT2D eigenvalue weighted by molar-refractivity contribution is 7.99. The maximum atomic E-state index is 11.5. The van der Waals surface area contributed by atoms with Crippen LogP contribution in [0.2, 0.25) is 0 Å². The molecule has 5 nitrogen and oxygen atoms in total. The standard InChI is InChI=1S/C11H8O5S/c12-9-3-1-7(2-4-9)8-5-10(11(13)14)17(15,16)6-8/h1-6,12H,(H,13,14). The van der Waals surface area contributed by atoms with Crippen LogP contribution >= 0.6 is 0 Å². The van der Waals surface area contributed by atoms with Crippen molar-refractivity contribution >= 4 is 21.4 Å². The number of hydrogen-bond acceptors (Lipinski definition) is 4. The van der Waals surface area contributed by atoms with Crippen LogP contribution in [0.25, 0.3) is 5.57 Å². The predicted molar refractivity (Wildman–Crippen MR) is 60.7 cm³/mol. The number of phenols is 1. The molecule has 1 heterocycles. The molecule has 1 aliphatic rings. The fraction of sp³-hybridized carbons (Fsp3) is 0. The molecule has 1 aromatic carbocycles. The Hall–Kier alpha value is -2.08. The molecule has 0 saturated heterocycles. The van der Waals surface area contributed by atoms with Gasteiger partial charge in [0.1, 0.15) is 5.75 Å². The Bertz CT molecular complexity index is 635. The first-order valence-corrected chi connectivity index (χ1v) is 6.16. The summed E-state index contributed by atoms with van der Waals surface area (Å²) in [7, 11) is -3.86. The summed E-state index contributed by atoms with van der Waals surface area (Å²) in [6.07, 6.45) is 1.10. The fourth-order valence-electron chi connectivity index (χ4n) is 1.48. The normalized spacial score (nSPS) is 17.4. The summed E-state index contributed by atoms with van der Waals surface area (Å²) in [5, 5.41) is 18.7. The molecule has 88 valence electrons. The van der Waals surface area contributed by atoms with Gasteiger partial charge in [-0.2, -0.15) is 0 Å². The van der Waals surface area contributed by atoms with Gasteiger partial charge >= 0.3 is 5.97 Å². The Morgan fingerprint density at radius 2 is 1.71 bits per heavy atom. The highest BCUT2D eigenvalue weighted by atomic mass is 32.2. The van der Waals surface area contributed by atoms with Crippen molar-refractivity contribution in [2.75, 3.05) is 0 Å². The number of phenolic OH excluding ortho intramolecular Hbond substituents is 1. The SMILES string of the molecule is O=C(O)C1=CC(c2ccc(O)cc2)=CS1(=O)=O. The zero-order valence-electron chi connectivity index (χ0n) is 8.49. The van der Waals surface area contributed by atoms with Crippen LogP contribution in [0.5, 0.6) is 5.75 Å². The molecule has 0 radical (unpaired) electrons. The van der Waals surface area contributed by atoms with E-state index in [-0.39, 0.29) is 5.75 Å². The van der Waals surface area contributed by atoms with E-state index in [9.17, 15) is 13.2 Å². The maximum absolute atomic E-state index is 11.5. The first-order valence-electron chi connectivity index (χ1n) is 4.61. The van der Waals surface area contributed by atoms with E-state index in [0.29, 0.717) is 11.1 Å². The van der Waals surface area contributed by atoms with Gasteiger partial charge in [-0.3, -0.25) is 0 Å². The monoisotopic (exact) mass is 252 g/mol. The third-order valence-corrected chi connectivity index (χ3v) is 3.76. The molecule has 17 heavy (non-hydrogen) atoms. The number of benzene rings is 1. The molecule has 0 atom stereocenters. The molecule has 2 rings (SSSR count). The van der Waals surface area contributed by atoms with Gasteiger partial charge in [0, 0.05) is 5.41 Å². The van der Waals surface area contributed by atoms with Crippen molar-refractivity contribution in [2.24, 2.45) is 0 Å². The number of allylic oxidation sites excluding steroid dienone is 2. The molecule has 2 N–H and O–H groups in total. The highest BCUT2D eigenvalue weighted by Crippen LogP contribution is 2.29. The number of carboxylic acids is 1. The van der Waals surface area contributed by atoms with E-state index in [0.717, 1.165) is 11.5 Å². The van der Waals surface area contributed by atoms with Gasteiger partial charge in [0.25, 0.3) is 0 Å². The van der Waals surface area contributed by atoms with Gasteiger partial charge < -0.3 is 10.2 Å². The van der Waals surface area contributed by atoms with Gasteiger partial charge in [-0.15, -0.1) is 0 Å². The van der Waals surface area contributed by atoms with E-state index < -0.39 is 20.7 Å². The predicted octanol–water partition coefficient (Wildman–Crippen LogP) is 1.13. The average molecular weight is 252 g/mol. The van der Waals surface area contributed by atoms with Crippen molar-refractivity contribution in [3.8, 4) is 5.75 Å². The Morgan fingerprint density at radius 1 is 1.12 bits per heavy atom. The second-order valence-electron chi connectivity index (χ2n) is 3.48. The maximum Gasteiger partial charge on any atom is 0.347 e. The van der Waals surface area contributed by atoms with E-state index in [2.05, 4.69) is 0 Å². The molecule has 0 spiro atoms. The largest absolute Gasteiger partial charge is 0.508 e. The lowest BCUT2D eigenvalue weighted by atomic mass is 10.1. The Balaban J connectivity index is 2.50. The van der Waals surface area contributed by atoms with Crippen LogP contribution in [-0.2, 0) is 14.6 Å². The lowest BCUT2D eigenvalue weighted by Gasteiger charge is -1.98. The molecule has 0 aromatic heterocycles. The van der Waals surface area contributed by atoms with Gasteiger partial charge in [0.15, 0.2) is 4.91 Å². The van der Waals surface area contributed by atoms with Gasteiger partial charge in [0.05, 0.1) is 0 Å². The number of aromatic hydroxyl groups is 1. The van der Waals surface area contributed by atoms with Gasteiger partial charge in [-0.1, -0.05) is 12.1 Å². The molecule has 6 heteroatoms. The first kappa shape index (κ1) is 11.4. The van der Waals surface area contributed by atoms with E-state index in [1.807, 2.05) is 0 Å². The van der Waals surface area contributed by atoms with Crippen LogP contribution in [0.1, 0.15) is 5.56 Å². The van der Waals surface area contributed by atoms with E-state index in [4.69, 9.17) is 10.2 Å². The second-order valence-corrected chi connectivity index (χ2v) is 5.24. The minimum absolute atomic E-state index is 0.0534. The summed E-state index contributed by atoms with van der Waals surface area (Å²) in [5.41, 5.74) is 0.824. The van der Waals surface area contributed by atoms with Crippen molar-refractivity contribution in [1.29, 1.82) is 0 Å². The van der Waals surface area contributed by atoms with Crippen molar-refractivity contribution in [1.82, 2.24) is 0 Å². The lowest BCUT2D eigenvalue weighted by molar-refractivity contribution is -0.131. The van der Waals surface area contributed by atoms with Crippen LogP contribution < -0.4 is 0 Å². The summed E-state index contributed by atoms with van der Waals surface area (Å²) in [4.78, 5) is 10.1. The van der Waals surface area contributed by atoms with Gasteiger partial charge in [0.2, 0.25) is 9.84 Å². The molecule has 0 amide bonds. The molecule has 0 aliphatic carbocycles. The molecular formula is C11H8O5S. The van der Waals surface area contributed by atoms with Crippen LogP contribution in [0.3, 0.4) is 0 Å². The summed E-state index contributed by atoms with van der Waals surface area (Å²) in [6, 6.07) is 5.82. The summed E-state index contributed by atoms with van der Waals surface area (Å²) < 4.78 is 23.0. The van der Waals surface area contributed by atoms with Crippen molar-refractivity contribution in [3.05, 3.63) is 46.2 Å². The molecule has 0 bridgehead atoms. The van der Waals surface area contributed by atoms with Crippen molar-refractivity contribution in [3.63, 3.8) is 0 Å². The third kappa shape index (κ3) is 2.07. The van der Waals surface area contributed by atoms with Crippen LogP contribution in [0.15, 0.2) is 40.7 Å². The molecule has 0 unspecified atom stereocenters. The molecule has 0 fully saturated rings. The minimum atomic E-state index is -3.86. The summed E-state index contributed by atoms with van der Waals surface area (Å²) >= 11 is 0. The zero-order valence-corrected chi connectivity index (χ0v) is 9.31. The minimum Gasteiger partial charge on any atom is -0.508 e. The third-order valence-electron chi connectivity index (χ3n) is 2.29. The smallest absolute Gasteiger partial charge is 0.347 e. The number of sulfone groups is 1. The number of aliphatic carboxylic acids is 1. The van der Waals surface area contributed by atoms with Gasteiger partial charge in [-0.25, -0.2) is 13.2 Å². The number of carbonyl (C=O) groups is 1. The van der Waals surface area contributed by atoms with Gasteiger partial charge in [-0.05, 0) is 29.3 Å². The number of rotatable bonds is 2. The van der Waals surface area contributed by atoms with Crippen LogP contribution in [-0.4, -0.2) is 24.6 Å². The second kappa shape index (κ2) is 3.74. The average Bonchev–Trinajstić information content (AvgIpc) is 2.55. The highest BCUT2D eigenvalue weighted by Gasteiger charge is 2.28. The number of carboxylic acid groups (broad SMARTS) is 1. The quantitative estimate of drug-likeness (QED) is 0.823. The Labute approximate surface area is 97.2 Å². The fourth-order valence-corrected chi connectivity index (χ4v) is 2.68. The first-order chi connectivity index (χ1) is 7.90. The van der Waals surface area contributed by atoms with Crippen LogP contribution in [0.4, 0.5) is 0 Å². The lowest BCUT2D eigenvalue weighted by Crippen LogP contribution is -2.07.